The number of benzene rings is 2. The van der Waals surface area contributed by atoms with E-state index in [2.05, 4.69) is 15.5 Å². The number of piperidine rings is 1. The van der Waals surface area contributed by atoms with Crippen molar-refractivity contribution in [3.05, 3.63) is 64.5 Å². The second-order valence-electron chi connectivity index (χ2n) is 8.19. The van der Waals surface area contributed by atoms with Crippen molar-refractivity contribution in [2.24, 2.45) is 5.92 Å². The van der Waals surface area contributed by atoms with Gasteiger partial charge in [-0.2, -0.15) is 9.29 Å². The van der Waals surface area contributed by atoms with Gasteiger partial charge < -0.3 is 9.84 Å². The zero-order valence-electron chi connectivity index (χ0n) is 18.4. The topological polar surface area (TPSA) is 105 Å². The van der Waals surface area contributed by atoms with Gasteiger partial charge in [0.05, 0.1) is 10.9 Å². The van der Waals surface area contributed by atoms with Crippen molar-refractivity contribution in [2.75, 3.05) is 13.1 Å². The van der Waals surface area contributed by atoms with Gasteiger partial charge in [-0.05, 0) is 43.5 Å². The van der Waals surface area contributed by atoms with Crippen molar-refractivity contribution in [1.29, 1.82) is 0 Å². The number of aryl methyl sites for hydroxylation is 2. The van der Waals surface area contributed by atoms with E-state index in [9.17, 15) is 13.2 Å². The summed E-state index contributed by atoms with van der Waals surface area (Å²) in [5.74, 6) is 0.0752. The number of carbonyl (C=O) groups excluding carboxylic acids is 1. The van der Waals surface area contributed by atoms with E-state index in [-0.39, 0.29) is 28.2 Å². The van der Waals surface area contributed by atoms with E-state index in [0.29, 0.717) is 37.4 Å². The Balaban J connectivity index is 1.49. The zero-order valence-corrected chi connectivity index (χ0v) is 20.0. The molecule has 2 aromatic carbocycles. The molecule has 1 aliphatic heterocycles. The Hall–Kier alpha value is -2.75. The minimum Gasteiger partial charge on any atom is -0.352 e. The van der Waals surface area contributed by atoms with Crippen LogP contribution in [0.1, 0.15) is 29.9 Å². The summed E-state index contributed by atoms with van der Waals surface area (Å²) < 4.78 is 33.2. The highest BCUT2D eigenvalue weighted by atomic mass is 35.5. The lowest BCUT2D eigenvalue weighted by molar-refractivity contribution is -0.126. The lowest BCUT2D eigenvalue weighted by Crippen LogP contribution is -2.45. The Morgan fingerprint density at radius 3 is 2.79 bits per heavy atom. The molecule has 10 heteroatoms. The summed E-state index contributed by atoms with van der Waals surface area (Å²) in [6.07, 6.45) is 1.21. The molecule has 174 valence electrons. The summed E-state index contributed by atoms with van der Waals surface area (Å²) in [5, 5.41) is 6.89. The van der Waals surface area contributed by atoms with Gasteiger partial charge in [-0.3, -0.25) is 4.79 Å². The average molecular weight is 489 g/mol. The quantitative estimate of drug-likeness (QED) is 0.566. The number of nitrogens with zero attached hydrogens (tertiary/aromatic N) is 3. The van der Waals surface area contributed by atoms with Crippen molar-refractivity contribution in [3.63, 3.8) is 0 Å². The fourth-order valence-electron chi connectivity index (χ4n) is 3.93. The summed E-state index contributed by atoms with van der Waals surface area (Å²) in [7, 11) is -3.92. The molecule has 1 atom stereocenters. The SMILES string of the molecule is Cc1cccc(CNC(=O)[C@H]2CCCN(S(=O)(=O)c3cc(-c4noc(C)n4)ccc3Cl)C2)c1. The smallest absolute Gasteiger partial charge is 0.244 e. The summed E-state index contributed by atoms with van der Waals surface area (Å²) in [5.41, 5.74) is 2.61. The van der Waals surface area contributed by atoms with Crippen LogP contribution in [0.25, 0.3) is 11.4 Å². The van der Waals surface area contributed by atoms with E-state index >= 15 is 0 Å². The highest BCUT2D eigenvalue weighted by Crippen LogP contribution is 2.31. The van der Waals surface area contributed by atoms with Gasteiger partial charge in [0.1, 0.15) is 4.90 Å². The van der Waals surface area contributed by atoms with Gasteiger partial charge >= 0.3 is 0 Å². The largest absolute Gasteiger partial charge is 0.352 e. The Labute approximate surface area is 198 Å². The second kappa shape index (κ2) is 9.62. The first-order valence-electron chi connectivity index (χ1n) is 10.7. The Kier molecular flexibility index (Phi) is 6.83. The van der Waals surface area contributed by atoms with E-state index in [1.807, 2.05) is 31.2 Å². The Morgan fingerprint density at radius 1 is 1.24 bits per heavy atom. The third-order valence-corrected chi connectivity index (χ3v) is 7.99. The van der Waals surface area contributed by atoms with Gasteiger partial charge in [0.25, 0.3) is 0 Å². The molecule has 1 amide bonds. The molecule has 2 heterocycles. The standard InChI is InChI=1S/C23H25ClN4O4S/c1-15-5-3-6-17(11-15)13-25-23(29)19-7-4-10-28(14-19)33(30,31)21-12-18(8-9-20(21)24)22-26-16(2)32-27-22/h3,5-6,8-9,11-12,19H,4,7,10,13-14H2,1-2H3,(H,25,29)/t19-/m0/s1. The average Bonchev–Trinajstić information content (AvgIpc) is 3.24. The number of hydrogen-bond donors (Lipinski definition) is 1. The number of halogens is 1. The van der Waals surface area contributed by atoms with Gasteiger partial charge in [-0.25, -0.2) is 8.42 Å². The maximum absolute atomic E-state index is 13.4. The van der Waals surface area contributed by atoms with Crippen molar-refractivity contribution in [3.8, 4) is 11.4 Å². The molecule has 33 heavy (non-hydrogen) atoms. The summed E-state index contributed by atoms with van der Waals surface area (Å²) in [6.45, 7) is 4.48. The van der Waals surface area contributed by atoms with Crippen LogP contribution in [0.4, 0.5) is 0 Å². The van der Waals surface area contributed by atoms with Crippen LogP contribution in [-0.4, -0.2) is 41.9 Å². The van der Waals surface area contributed by atoms with Crippen LogP contribution in [0.2, 0.25) is 5.02 Å². The molecular formula is C23H25ClN4O4S. The molecule has 1 saturated heterocycles. The summed E-state index contributed by atoms with van der Waals surface area (Å²) in [6, 6.07) is 12.5. The minimum atomic E-state index is -3.92. The fourth-order valence-corrected chi connectivity index (χ4v) is 5.95. The third kappa shape index (κ3) is 5.26. The highest BCUT2D eigenvalue weighted by Gasteiger charge is 2.34. The van der Waals surface area contributed by atoms with Crippen LogP contribution >= 0.6 is 11.6 Å². The van der Waals surface area contributed by atoms with E-state index in [1.54, 1.807) is 13.0 Å². The molecule has 0 unspecified atom stereocenters. The molecular weight excluding hydrogens is 464 g/mol. The molecule has 0 radical (unpaired) electrons. The predicted octanol–water partition coefficient (Wildman–Crippen LogP) is 3.72. The molecule has 1 fully saturated rings. The van der Waals surface area contributed by atoms with Crippen molar-refractivity contribution in [2.45, 2.75) is 38.1 Å². The van der Waals surface area contributed by atoms with Gasteiger partial charge in [0.15, 0.2) is 0 Å². The van der Waals surface area contributed by atoms with E-state index in [4.69, 9.17) is 16.1 Å². The van der Waals surface area contributed by atoms with Gasteiger partial charge in [-0.1, -0.05) is 46.6 Å². The first-order valence-corrected chi connectivity index (χ1v) is 12.5. The van der Waals surface area contributed by atoms with Crippen molar-refractivity contribution >= 4 is 27.5 Å². The summed E-state index contributed by atoms with van der Waals surface area (Å²) in [4.78, 5) is 16.9. The molecule has 0 bridgehead atoms. The first-order chi connectivity index (χ1) is 15.7. The van der Waals surface area contributed by atoms with Gasteiger partial charge in [0, 0.05) is 32.1 Å². The van der Waals surface area contributed by atoms with Gasteiger partial charge in [0.2, 0.25) is 27.6 Å². The number of aromatic nitrogens is 2. The normalized spacial score (nSPS) is 17.1. The fraction of sp³-hybridized carbons (Fsp3) is 0.348. The number of sulfonamides is 1. The maximum Gasteiger partial charge on any atom is 0.244 e. The molecule has 0 spiro atoms. The van der Waals surface area contributed by atoms with Crippen LogP contribution in [-0.2, 0) is 21.4 Å². The molecule has 0 aliphatic carbocycles. The molecule has 1 N–H and O–H groups in total. The lowest BCUT2D eigenvalue weighted by atomic mass is 9.98. The number of rotatable bonds is 6. The minimum absolute atomic E-state index is 0.0371. The molecule has 3 aromatic rings. The van der Waals surface area contributed by atoms with Crippen LogP contribution in [0.5, 0.6) is 0 Å². The van der Waals surface area contributed by atoms with Crippen LogP contribution in [0.3, 0.4) is 0 Å². The maximum atomic E-state index is 13.4. The van der Waals surface area contributed by atoms with E-state index < -0.39 is 15.9 Å². The highest BCUT2D eigenvalue weighted by molar-refractivity contribution is 7.89. The molecule has 4 rings (SSSR count). The number of nitrogens with one attached hydrogen (secondary N) is 1. The van der Waals surface area contributed by atoms with E-state index in [1.165, 1.54) is 16.4 Å². The van der Waals surface area contributed by atoms with Crippen molar-refractivity contribution < 1.29 is 17.7 Å². The molecule has 1 aliphatic rings. The predicted molar refractivity (Wildman–Crippen MR) is 124 cm³/mol. The first kappa shape index (κ1) is 23.4. The second-order valence-corrected chi connectivity index (χ2v) is 10.5. The van der Waals surface area contributed by atoms with E-state index in [0.717, 1.165) is 11.1 Å². The Bertz CT molecular complexity index is 1270. The summed E-state index contributed by atoms with van der Waals surface area (Å²) >= 11 is 6.27. The monoisotopic (exact) mass is 488 g/mol. The number of hydrogen-bond acceptors (Lipinski definition) is 6. The zero-order chi connectivity index (χ0) is 23.6. The van der Waals surface area contributed by atoms with Crippen LogP contribution in [0, 0.1) is 19.8 Å². The van der Waals surface area contributed by atoms with Gasteiger partial charge in [-0.15, -0.1) is 0 Å². The number of carbonyl (C=O) groups is 1. The third-order valence-electron chi connectivity index (χ3n) is 5.64. The number of amides is 1. The Morgan fingerprint density at radius 2 is 2.06 bits per heavy atom. The molecule has 1 aromatic heterocycles. The molecule has 8 nitrogen and oxygen atoms in total. The lowest BCUT2D eigenvalue weighted by Gasteiger charge is -2.31. The van der Waals surface area contributed by atoms with Crippen LogP contribution in [0.15, 0.2) is 51.9 Å². The molecule has 0 saturated carbocycles. The van der Waals surface area contributed by atoms with Crippen molar-refractivity contribution in [1.82, 2.24) is 19.8 Å². The van der Waals surface area contributed by atoms with Crippen LogP contribution < -0.4 is 5.32 Å².